The number of hydrogen-bond acceptors (Lipinski definition) is 4. The van der Waals surface area contributed by atoms with Crippen LogP contribution in [0.4, 0.5) is 11.4 Å². The van der Waals surface area contributed by atoms with Crippen LogP contribution in [0.3, 0.4) is 0 Å². The van der Waals surface area contributed by atoms with Crippen LogP contribution in [0.15, 0.2) is 42.5 Å². The molecule has 0 radical (unpaired) electrons. The number of carboxylic acids is 1. The van der Waals surface area contributed by atoms with E-state index in [2.05, 4.69) is 10.3 Å². The van der Waals surface area contributed by atoms with Crippen molar-refractivity contribution in [2.24, 2.45) is 0 Å². The van der Waals surface area contributed by atoms with Crippen LogP contribution in [0, 0.1) is 0 Å². The van der Waals surface area contributed by atoms with Crippen LogP contribution in [0.5, 0.6) is 0 Å². The van der Waals surface area contributed by atoms with Gasteiger partial charge >= 0.3 is 5.97 Å². The number of benzene rings is 1. The average Bonchev–Trinajstić information content (AvgIpc) is 2.45. The molecular formula is C15H17N3O2. The molecule has 0 saturated heterocycles. The molecule has 2 aromatic rings. The van der Waals surface area contributed by atoms with Crippen molar-refractivity contribution < 1.29 is 9.90 Å². The van der Waals surface area contributed by atoms with Gasteiger partial charge in [-0.2, -0.15) is 0 Å². The van der Waals surface area contributed by atoms with E-state index in [1.807, 2.05) is 43.3 Å². The molecule has 0 amide bonds. The number of pyridine rings is 1. The van der Waals surface area contributed by atoms with E-state index in [9.17, 15) is 4.79 Å². The topological polar surface area (TPSA) is 65.5 Å². The van der Waals surface area contributed by atoms with E-state index in [4.69, 9.17) is 5.11 Å². The van der Waals surface area contributed by atoms with Crippen LogP contribution in [0.1, 0.15) is 16.2 Å². The standard InChI is InChI=1S/C15H17N3O2/c1-18(2)13-7-3-5-11(9-13)16-10-12-6-4-8-14(17-12)15(19)20/h3-9,16H,10H2,1-2H3,(H,19,20). The minimum absolute atomic E-state index is 0.0614. The zero-order valence-corrected chi connectivity index (χ0v) is 11.5. The molecule has 20 heavy (non-hydrogen) atoms. The fraction of sp³-hybridized carbons (Fsp3) is 0.200. The Labute approximate surface area is 117 Å². The molecule has 2 N–H and O–H groups in total. The Morgan fingerprint density at radius 1 is 1.25 bits per heavy atom. The lowest BCUT2D eigenvalue weighted by atomic mass is 10.2. The molecule has 0 aliphatic heterocycles. The van der Waals surface area contributed by atoms with Gasteiger partial charge in [-0.1, -0.05) is 12.1 Å². The summed E-state index contributed by atoms with van der Waals surface area (Å²) < 4.78 is 0. The summed E-state index contributed by atoms with van der Waals surface area (Å²) in [6.45, 7) is 0.484. The Morgan fingerprint density at radius 3 is 2.70 bits per heavy atom. The Kier molecular flexibility index (Phi) is 4.20. The summed E-state index contributed by atoms with van der Waals surface area (Å²) in [6, 6.07) is 13.0. The van der Waals surface area contributed by atoms with Crippen molar-refractivity contribution in [3.8, 4) is 0 Å². The number of nitrogens with zero attached hydrogens (tertiary/aromatic N) is 2. The summed E-state index contributed by atoms with van der Waals surface area (Å²) >= 11 is 0. The van der Waals surface area contributed by atoms with E-state index in [0.717, 1.165) is 11.4 Å². The van der Waals surface area contributed by atoms with E-state index in [1.54, 1.807) is 12.1 Å². The maximum Gasteiger partial charge on any atom is 0.354 e. The highest BCUT2D eigenvalue weighted by molar-refractivity contribution is 5.85. The summed E-state index contributed by atoms with van der Waals surface area (Å²) in [4.78, 5) is 17.0. The molecule has 0 saturated carbocycles. The minimum Gasteiger partial charge on any atom is -0.477 e. The van der Waals surface area contributed by atoms with Crippen LogP contribution in [-0.4, -0.2) is 30.2 Å². The van der Waals surface area contributed by atoms with Crippen molar-refractivity contribution in [2.45, 2.75) is 6.54 Å². The van der Waals surface area contributed by atoms with Gasteiger partial charge in [0.15, 0.2) is 0 Å². The van der Waals surface area contributed by atoms with Crippen LogP contribution >= 0.6 is 0 Å². The number of anilines is 2. The Balaban J connectivity index is 2.07. The van der Waals surface area contributed by atoms with E-state index in [-0.39, 0.29) is 5.69 Å². The second-order valence-electron chi connectivity index (χ2n) is 4.62. The SMILES string of the molecule is CN(C)c1cccc(NCc2cccc(C(=O)O)n2)c1. The Hall–Kier alpha value is -2.56. The van der Waals surface area contributed by atoms with Crippen molar-refractivity contribution in [3.05, 3.63) is 53.9 Å². The number of nitrogens with one attached hydrogen (secondary N) is 1. The second kappa shape index (κ2) is 6.06. The first-order valence-electron chi connectivity index (χ1n) is 6.27. The molecule has 2 rings (SSSR count). The minimum atomic E-state index is -1.01. The summed E-state index contributed by atoms with van der Waals surface area (Å²) in [6.07, 6.45) is 0. The zero-order chi connectivity index (χ0) is 14.5. The maximum absolute atomic E-state index is 10.9. The average molecular weight is 271 g/mol. The molecule has 5 nitrogen and oxygen atoms in total. The molecule has 1 aromatic carbocycles. The van der Waals surface area contributed by atoms with Crippen LogP contribution < -0.4 is 10.2 Å². The number of aromatic carboxylic acids is 1. The highest BCUT2D eigenvalue weighted by Gasteiger charge is 2.05. The lowest BCUT2D eigenvalue weighted by Gasteiger charge is -2.14. The normalized spacial score (nSPS) is 10.1. The fourth-order valence-electron chi connectivity index (χ4n) is 1.78. The molecular weight excluding hydrogens is 254 g/mol. The van der Waals surface area contributed by atoms with Crippen LogP contribution in [0.2, 0.25) is 0 Å². The molecule has 0 bridgehead atoms. The largest absolute Gasteiger partial charge is 0.477 e. The molecule has 1 heterocycles. The lowest BCUT2D eigenvalue weighted by Crippen LogP contribution is -2.09. The van der Waals surface area contributed by atoms with Gasteiger partial charge in [0.05, 0.1) is 12.2 Å². The Morgan fingerprint density at radius 2 is 2.00 bits per heavy atom. The molecule has 0 aliphatic carbocycles. The summed E-state index contributed by atoms with van der Waals surface area (Å²) in [5, 5.41) is 12.1. The third-order valence-corrected chi connectivity index (χ3v) is 2.86. The molecule has 1 aromatic heterocycles. The summed E-state index contributed by atoms with van der Waals surface area (Å²) in [5.74, 6) is -1.01. The predicted octanol–water partition coefficient (Wildman–Crippen LogP) is 2.46. The van der Waals surface area contributed by atoms with Gasteiger partial charge in [0.2, 0.25) is 0 Å². The van der Waals surface area contributed by atoms with Gasteiger partial charge in [-0.3, -0.25) is 0 Å². The lowest BCUT2D eigenvalue weighted by molar-refractivity contribution is 0.0690. The van der Waals surface area contributed by atoms with E-state index in [0.29, 0.717) is 12.2 Å². The molecule has 104 valence electrons. The molecule has 0 atom stereocenters. The summed E-state index contributed by atoms with van der Waals surface area (Å²) in [7, 11) is 3.97. The number of carboxylic acid groups (broad SMARTS) is 1. The molecule has 0 fully saturated rings. The van der Waals surface area contributed by atoms with Crippen molar-refractivity contribution >= 4 is 17.3 Å². The van der Waals surface area contributed by atoms with E-state index >= 15 is 0 Å². The van der Waals surface area contributed by atoms with Crippen molar-refractivity contribution in [2.75, 3.05) is 24.3 Å². The highest BCUT2D eigenvalue weighted by Crippen LogP contribution is 2.17. The van der Waals surface area contributed by atoms with Crippen LogP contribution in [-0.2, 0) is 6.54 Å². The van der Waals surface area contributed by atoms with E-state index in [1.165, 1.54) is 6.07 Å². The van der Waals surface area contributed by atoms with E-state index < -0.39 is 5.97 Å². The molecule has 0 unspecified atom stereocenters. The molecule has 5 heteroatoms. The third-order valence-electron chi connectivity index (χ3n) is 2.86. The number of aromatic nitrogens is 1. The number of carbonyl (C=O) groups is 1. The number of hydrogen-bond donors (Lipinski definition) is 2. The van der Waals surface area contributed by atoms with Gasteiger partial charge in [-0.15, -0.1) is 0 Å². The first kappa shape index (κ1) is 13.9. The fourth-order valence-corrected chi connectivity index (χ4v) is 1.78. The molecule has 0 spiro atoms. The van der Waals surface area contributed by atoms with Gasteiger partial charge < -0.3 is 15.3 Å². The first-order chi connectivity index (χ1) is 9.56. The zero-order valence-electron chi connectivity index (χ0n) is 11.5. The van der Waals surface area contributed by atoms with Crippen molar-refractivity contribution in [1.29, 1.82) is 0 Å². The van der Waals surface area contributed by atoms with Crippen molar-refractivity contribution in [3.63, 3.8) is 0 Å². The third kappa shape index (κ3) is 3.47. The number of rotatable bonds is 5. The maximum atomic E-state index is 10.9. The summed E-state index contributed by atoms with van der Waals surface area (Å²) in [5.41, 5.74) is 2.83. The second-order valence-corrected chi connectivity index (χ2v) is 4.62. The monoisotopic (exact) mass is 271 g/mol. The highest BCUT2D eigenvalue weighted by atomic mass is 16.4. The van der Waals surface area contributed by atoms with Gasteiger partial charge in [0.25, 0.3) is 0 Å². The molecule has 0 aliphatic rings. The quantitative estimate of drug-likeness (QED) is 0.874. The first-order valence-corrected chi connectivity index (χ1v) is 6.27. The van der Waals surface area contributed by atoms with Crippen molar-refractivity contribution in [1.82, 2.24) is 4.98 Å². The predicted molar refractivity (Wildman–Crippen MR) is 79.3 cm³/mol. The van der Waals surface area contributed by atoms with Gasteiger partial charge in [0.1, 0.15) is 5.69 Å². The Bertz CT molecular complexity index is 612. The van der Waals surface area contributed by atoms with Gasteiger partial charge in [-0.25, -0.2) is 9.78 Å². The smallest absolute Gasteiger partial charge is 0.354 e. The van der Waals surface area contributed by atoms with Gasteiger partial charge in [-0.05, 0) is 30.3 Å². The van der Waals surface area contributed by atoms with Gasteiger partial charge in [0, 0.05) is 25.5 Å². The van der Waals surface area contributed by atoms with Crippen LogP contribution in [0.25, 0.3) is 0 Å².